The Balaban J connectivity index is 1.56. The lowest BCUT2D eigenvalue weighted by Gasteiger charge is -2.24. The van der Waals surface area contributed by atoms with Crippen LogP contribution in [0.5, 0.6) is 0 Å². The maximum Gasteiger partial charge on any atom is 0.312 e. The predicted molar refractivity (Wildman–Crippen MR) is 92.6 cm³/mol. The van der Waals surface area contributed by atoms with Gasteiger partial charge in [0.15, 0.2) is 23.6 Å². The molecule has 2 amide bonds. The first-order chi connectivity index (χ1) is 13.3. The third-order valence-electron chi connectivity index (χ3n) is 5.21. The van der Waals surface area contributed by atoms with Gasteiger partial charge in [0.25, 0.3) is 5.91 Å². The topological polar surface area (TPSA) is 75.7 Å². The molecule has 1 aromatic carbocycles. The van der Waals surface area contributed by atoms with Crippen LogP contribution in [0.1, 0.15) is 39.0 Å². The molecule has 2 atom stereocenters. The van der Waals surface area contributed by atoms with Crippen LogP contribution >= 0.6 is 0 Å². The maximum absolute atomic E-state index is 13.6. The zero-order chi connectivity index (χ0) is 20.4. The monoisotopic (exact) mass is 398 g/mol. The van der Waals surface area contributed by atoms with Crippen molar-refractivity contribution in [1.82, 2.24) is 4.90 Å². The summed E-state index contributed by atoms with van der Waals surface area (Å²) in [5, 5.41) is 2.06. The van der Waals surface area contributed by atoms with Gasteiger partial charge in [-0.25, -0.2) is 13.2 Å². The van der Waals surface area contributed by atoms with E-state index in [2.05, 4.69) is 5.32 Å². The van der Waals surface area contributed by atoms with Gasteiger partial charge in [-0.1, -0.05) is 12.8 Å². The van der Waals surface area contributed by atoms with E-state index in [-0.39, 0.29) is 24.9 Å². The molecular weight excluding hydrogens is 377 g/mol. The molecule has 1 saturated carbocycles. The Hall–Kier alpha value is -2.58. The van der Waals surface area contributed by atoms with Crippen molar-refractivity contribution < 1.29 is 32.3 Å². The summed E-state index contributed by atoms with van der Waals surface area (Å²) < 4.78 is 44.9. The normalized spacial score (nSPS) is 21.1. The van der Waals surface area contributed by atoms with Gasteiger partial charge in [0, 0.05) is 19.0 Å². The first-order valence-electron chi connectivity index (χ1n) is 9.22. The molecule has 1 N–H and O–H groups in total. The van der Waals surface area contributed by atoms with E-state index in [9.17, 15) is 27.6 Å². The lowest BCUT2D eigenvalue weighted by molar-refractivity contribution is -0.157. The zero-order valence-electron chi connectivity index (χ0n) is 15.3. The van der Waals surface area contributed by atoms with Gasteiger partial charge in [-0.2, -0.15) is 0 Å². The molecule has 0 unspecified atom stereocenters. The minimum absolute atomic E-state index is 0.0292. The molecule has 6 nitrogen and oxygen atoms in total. The Morgan fingerprint density at radius 2 is 1.86 bits per heavy atom. The highest BCUT2D eigenvalue weighted by molar-refractivity contribution is 5.96. The summed E-state index contributed by atoms with van der Waals surface area (Å²) >= 11 is 0. The summed E-state index contributed by atoms with van der Waals surface area (Å²) in [6, 6.07) is 1.70. The quantitative estimate of drug-likeness (QED) is 0.611. The molecule has 1 heterocycles. The van der Waals surface area contributed by atoms with Gasteiger partial charge >= 0.3 is 5.97 Å². The van der Waals surface area contributed by atoms with Crippen molar-refractivity contribution in [3.05, 3.63) is 29.6 Å². The molecule has 0 bridgehead atoms. The van der Waals surface area contributed by atoms with E-state index in [4.69, 9.17) is 4.74 Å². The molecule has 9 heteroatoms. The molecule has 2 aliphatic rings. The smallest absolute Gasteiger partial charge is 0.312 e. The van der Waals surface area contributed by atoms with Crippen LogP contribution in [-0.4, -0.2) is 41.4 Å². The number of hydrogen-bond donors (Lipinski definition) is 1. The van der Waals surface area contributed by atoms with Crippen LogP contribution in [0.3, 0.4) is 0 Å². The number of anilines is 1. The molecule has 1 saturated heterocycles. The van der Waals surface area contributed by atoms with Crippen LogP contribution in [0, 0.1) is 23.4 Å². The van der Waals surface area contributed by atoms with Crippen molar-refractivity contribution >= 4 is 23.5 Å². The number of carbonyl (C=O) groups excluding carboxylic acids is 3. The summed E-state index contributed by atoms with van der Waals surface area (Å²) in [5.41, 5.74) is -0.560. The first kappa shape index (κ1) is 20.2. The molecule has 28 heavy (non-hydrogen) atoms. The third-order valence-corrected chi connectivity index (χ3v) is 5.21. The number of rotatable bonds is 5. The van der Waals surface area contributed by atoms with Gasteiger partial charge in [0.05, 0.1) is 11.6 Å². The summed E-state index contributed by atoms with van der Waals surface area (Å²) in [6.45, 7) is 1.53. The summed E-state index contributed by atoms with van der Waals surface area (Å²) in [4.78, 5) is 38.3. The van der Waals surface area contributed by atoms with Crippen molar-refractivity contribution in [3.63, 3.8) is 0 Å². The standard InChI is InChI=1S/C19H21F3N2O4/c1-10(18(26)23-14-7-6-13(20)16(21)17(14)22)28-19(27)11-8-15(25)24(9-11)12-4-2-3-5-12/h6-7,10-12H,2-5,8-9H2,1H3,(H,23,26)/t10-,11-/m0/s1. The fourth-order valence-electron chi connectivity index (χ4n) is 3.64. The van der Waals surface area contributed by atoms with Gasteiger partial charge in [-0.05, 0) is 31.9 Å². The molecule has 152 valence electrons. The second-order valence-electron chi connectivity index (χ2n) is 7.18. The van der Waals surface area contributed by atoms with Gasteiger partial charge in [-0.15, -0.1) is 0 Å². The Morgan fingerprint density at radius 3 is 2.54 bits per heavy atom. The number of halogens is 3. The average Bonchev–Trinajstić information content (AvgIpc) is 3.31. The Kier molecular flexibility index (Phi) is 5.90. The number of esters is 1. The van der Waals surface area contributed by atoms with Crippen LogP contribution in [0.25, 0.3) is 0 Å². The number of carbonyl (C=O) groups is 3. The van der Waals surface area contributed by atoms with Gasteiger partial charge in [0.1, 0.15) is 0 Å². The summed E-state index contributed by atoms with van der Waals surface area (Å²) in [6.07, 6.45) is 2.69. The first-order valence-corrected chi connectivity index (χ1v) is 9.22. The Bertz CT molecular complexity index is 796. The molecule has 0 radical (unpaired) electrons. The van der Waals surface area contributed by atoms with Crippen molar-refractivity contribution in [3.8, 4) is 0 Å². The molecule has 0 aromatic heterocycles. The van der Waals surface area contributed by atoms with Crippen molar-refractivity contribution in [2.24, 2.45) is 5.92 Å². The van der Waals surface area contributed by atoms with Crippen molar-refractivity contribution in [1.29, 1.82) is 0 Å². The van der Waals surface area contributed by atoms with Gasteiger partial charge < -0.3 is 15.0 Å². The number of benzene rings is 1. The fraction of sp³-hybridized carbons (Fsp3) is 0.526. The van der Waals surface area contributed by atoms with Gasteiger partial charge in [-0.3, -0.25) is 14.4 Å². The number of ether oxygens (including phenoxy) is 1. The van der Waals surface area contributed by atoms with E-state index >= 15 is 0 Å². The number of hydrogen-bond acceptors (Lipinski definition) is 4. The lowest BCUT2D eigenvalue weighted by Crippen LogP contribution is -2.36. The molecule has 2 fully saturated rings. The number of likely N-dealkylation sites (tertiary alicyclic amines) is 1. The van der Waals surface area contributed by atoms with E-state index in [1.165, 1.54) is 6.92 Å². The molecular formula is C19H21F3N2O4. The minimum Gasteiger partial charge on any atom is -0.452 e. The van der Waals surface area contributed by atoms with E-state index in [1.54, 1.807) is 4.90 Å². The molecule has 1 aromatic rings. The van der Waals surface area contributed by atoms with Crippen LogP contribution in [0.2, 0.25) is 0 Å². The maximum atomic E-state index is 13.6. The van der Waals surface area contributed by atoms with Crippen LogP contribution in [0.4, 0.5) is 18.9 Å². The number of nitrogens with zero attached hydrogens (tertiary/aromatic N) is 1. The fourth-order valence-corrected chi connectivity index (χ4v) is 3.64. The van der Waals surface area contributed by atoms with Crippen LogP contribution in [0.15, 0.2) is 12.1 Å². The summed E-state index contributed by atoms with van der Waals surface area (Å²) in [7, 11) is 0. The van der Waals surface area contributed by atoms with Crippen LogP contribution in [-0.2, 0) is 19.1 Å². The minimum atomic E-state index is -1.71. The van der Waals surface area contributed by atoms with E-state index in [1.807, 2.05) is 0 Å². The molecule has 1 aliphatic carbocycles. The van der Waals surface area contributed by atoms with Crippen LogP contribution < -0.4 is 5.32 Å². The average molecular weight is 398 g/mol. The van der Waals surface area contributed by atoms with Crippen molar-refractivity contribution in [2.45, 2.75) is 51.2 Å². The number of nitrogens with one attached hydrogen (secondary N) is 1. The summed E-state index contributed by atoms with van der Waals surface area (Å²) in [5.74, 6) is -6.98. The predicted octanol–water partition coefficient (Wildman–Crippen LogP) is 2.77. The Morgan fingerprint density at radius 1 is 1.18 bits per heavy atom. The zero-order valence-corrected chi connectivity index (χ0v) is 15.3. The van der Waals surface area contributed by atoms with E-state index in [0.717, 1.165) is 31.7 Å². The highest BCUT2D eigenvalue weighted by atomic mass is 19.2. The van der Waals surface area contributed by atoms with E-state index < -0.39 is 47.0 Å². The van der Waals surface area contributed by atoms with E-state index in [0.29, 0.717) is 6.07 Å². The Labute approximate surface area is 160 Å². The molecule has 1 aliphatic heterocycles. The molecule has 3 rings (SSSR count). The van der Waals surface area contributed by atoms with Crippen molar-refractivity contribution in [2.75, 3.05) is 11.9 Å². The number of amides is 2. The van der Waals surface area contributed by atoms with Gasteiger partial charge in [0.2, 0.25) is 5.91 Å². The molecule has 0 spiro atoms. The lowest BCUT2D eigenvalue weighted by atomic mass is 10.1. The SMILES string of the molecule is C[C@H](OC(=O)[C@H]1CC(=O)N(C2CCCC2)C1)C(=O)Nc1ccc(F)c(F)c1F. The highest BCUT2D eigenvalue weighted by Crippen LogP contribution is 2.30. The largest absolute Gasteiger partial charge is 0.452 e. The third kappa shape index (κ3) is 4.13. The highest BCUT2D eigenvalue weighted by Gasteiger charge is 2.40. The second-order valence-corrected chi connectivity index (χ2v) is 7.18. The second kappa shape index (κ2) is 8.20.